The SMILES string of the molecule is C[C@@H]1CCCN(C2CCN(C(=O)c3ccc(C(=O)NCc4c(F)cccc4F)cc3)CC2)C1. The van der Waals surface area contributed by atoms with E-state index < -0.39 is 17.5 Å². The van der Waals surface area contributed by atoms with Gasteiger partial charge in [0.2, 0.25) is 0 Å². The highest BCUT2D eigenvalue weighted by Crippen LogP contribution is 2.24. The summed E-state index contributed by atoms with van der Waals surface area (Å²) in [6, 6.07) is 10.6. The van der Waals surface area contributed by atoms with Crippen LogP contribution in [0.4, 0.5) is 8.78 Å². The number of carbonyl (C=O) groups is 2. The summed E-state index contributed by atoms with van der Waals surface area (Å²) in [4.78, 5) is 29.8. The fourth-order valence-electron chi connectivity index (χ4n) is 4.91. The van der Waals surface area contributed by atoms with Crippen LogP contribution in [-0.2, 0) is 6.54 Å². The Balaban J connectivity index is 1.30. The van der Waals surface area contributed by atoms with E-state index in [1.807, 2.05) is 4.90 Å². The molecule has 2 heterocycles. The van der Waals surface area contributed by atoms with Gasteiger partial charge >= 0.3 is 0 Å². The molecule has 33 heavy (non-hydrogen) atoms. The van der Waals surface area contributed by atoms with Gasteiger partial charge in [0.15, 0.2) is 0 Å². The Kier molecular flexibility index (Phi) is 7.38. The van der Waals surface area contributed by atoms with Gasteiger partial charge < -0.3 is 10.2 Å². The van der Waals surface area contributed by atoms with Gasteiger partial charge in [-0.05, 0) is 74.5 Å². The fraction of sp³-hybridized carbons (Fsp3) is 0.462. The van der Waals surface area contributed by atoms with Gasteiger partial charge in [-0.2, -0.15) is 0 Å². The van der Waals surface area contributed by atoms with Crippen LogP contribution < -0.4 is 5.32 Å². The summed E-state index contributed by atoms with van der Waals surface area (Å²) in [7, 11) is 0. The first-order valence-corrected chi connectivity index (χ1v) is 11.8. The molecule has 2 aromatic rings. The minimum Gasteiger partial charge on any atom is -0.348 e. The predicted molar refractivity (Wildman–Crippen MR) is 123 cm³/mol. The van der Waals surface area contributed by atoms with E-state index >= 15 is 0 Å². The maximum Gasteiger partial charge on any atom is 0.253 e. The molecule has 2 amide bonds. The molecule has 5 nitrogen and oxygen atoms in total. The second kappa shape index (κ2) is 10.4. The molecule has 0 unspecified atom stereocenters. The van der Waals surface area contributed by atoms with E-state index in [0.29, 0.717) is 17.2 Å². The Bertz CT molecular complexity index is 967. The first kappa shape index (κ1) is 23.4. The van der Waals surface area contributed by atoms with Gasteiger partial charge in [0.05, 0.1) is 0 Å². The van der Waals surface area contributed by atoms with Crippen molar-refractivity contribution in [3.63, 3.8) is 0 Å². The van der Waals surface area contributed by atoms with Crippen LogP contribution in [0, 0.1) is 17.6 Å². The Morgan fingerprint density at radius 1 is 0.939 bits per heavy atom. The van der Waals surface area contributed by atoms with Gasteiger partial charge in [-0.25, -0.2) is 8.78 Å². The smallest absolute Gasteiger partial charge is 0.253 e. The van der Waals surface area contributed by atoms with Crippen molar-refractivity contribution in [2.45, 2.75) is 45.2 Å². The molecule has 7 heteroatoms. The van der Waals surface area contributed by atoms with E-state index in [9.17, 15) is 18.4 Å². The van der Waals surface area contributed by atoms with Crippen molar-refractivity contribution in [1.29, 1.82) is 0 Å². The molecule has 1 atom stereocenters. The second-order valence-corrected chi connectivity index (χ2v) is 9.23. The quantitative estimate of drug-likeness (QED) is 0.734. The number of rotatable bonds is 5. The summed E-state index contributed by atoms with van der Waals surface area (Å²) in [5.41, 5.74) is 0.693. The second-order valence-electron chi connectivity index (χ2n) is 9.23. The first-order chi connectivity index (χ1) is 15.9. The number of nitrogens with one attached hydrogen (secondary N) is 1. The molecule has 2 saturated heterocycles. The summed E-state index contributed by atoms with van der Waals surface area (Å²) in [5, 5.41) is 2.53. The largest absolute Gasteiger partial charge is 0.348 e. The van der Waals surface area contributed by atoms with Gasteiger partial charge in [0.25, 0.3) is 11.8 Å². The standard InChI is InChI=1S/C26H31F2N3O2/c1-18-4-3-13-31(17-18)21-11-14-30(15-12-21)26(33)20-9-7-19(8-10-20)25(32)29-16-22-23(27)5-2-6-24(22)28/h2,5-10,18,21H,3-4,11-17H2,1H3,(H,29,32)/t18-/m1/s1. The molecular formula is C26H31F2N3O2. The van der Waals surface area contributed by atoms with Crippen LogP contribution in [0.15, 0.2) is 42.5 Å². The van der Waals surface area contributed by atoms with Crippen molar-refractivity contribution in [1.82, 2.24) is 15.1 Å². The highest BCUT2D eigenvalue weighted by atomic mass is 19.1. The van der Waals surface area contributed by atoms with Crippen LogP contribution in [0.5, 0.6) is 0 Å². The molecule has 0 aromatic heterocycles. The van der Waals surface area contributed by atoms with E-state index in [1.165, 1.54) is 18.9 Å². The Labute approximate surface area is 193 Å². The molecular weight excluding hydrogens is 424 g/mol. The average Bonchev–Trinajstić information content (AvgIpc) is 2.83. The molecule has 0 bridgehead atoms. The van der Waals surface area contributed by atoms with Crippen molar-refractivity contribution in [3.05, 3.63) is 70.8 Å². The van der Waals surface area contributed by atoms with Gasteiger partial charge in [-0.1, -0.05) is 13.0 Å². The molecule has 2 aromatic carbocycles. The zero-order chi connectivity index (χ0) is 23.4. The lowest BCUT2D eigenvalue weighted by Crippen LogP contribution is -2.49. The lowest BCUT2D eigenvalue weighted by atomic mass is 9.95. The predicted octanol–water partition coefficient (Wildman–Crippen LogP) is 4.23. The number of likely N-dealkylation sites (tertiary alicyclic amines) is 2. The molecule has 176 valence electrons. The minimum atomic E-state index is -0.699. The van der Waals surface area contributed by atoms with Crippen LogP contribution in [-0.4, -0.2) is 53.8 Å². The van der Waals surface area contributed by atoms with Gasteiger partial charge in [-0.3, -0.25) is 14.5 Å². The number of hydrogen-bond donors (Lipinski definition) is 1. The summed E-state index contributed by atoms with van der Waals surface area (Å²) in [6.45, 7) is 5.87. The maximum atomic E-state index is 13.7. The number of nitrogens with zero attached hydrogens (tertiary/aromatic N) is 2. The monoisotopic (exact) mass is 455 g/mol. The number of benzene rings is 2. The highest BCUT2D eigenvalue weighted by Gasteiger charge is 2.29. The lowest BCUT2D eigenvalue weighted by molar-refractivity contribution is 0.0541. The maximum absolute atomic E-state index is 13.7. The van der Waals surface area contributed by atoms with Crippen LogP contribution in [0.25, 0.3) is 0 Å². The lowest BCUT2D eigenvalue weighted by Gasteiger charge is -2.41. The number of carbonyl (C=O) groups excluding carboxylic acids is 2. The van der Waals surface area contributed by atoms with Gasteiger partial charge in [0.1, 0.15) is 11.6 Å². The van der Waals surface area contributed by atoms with Crippen molar-refractivity contribution in [2.24, 2.45) is 5.92 Å². The van der Waals surface area contributed by atoms with Crippen LogP contribution in [0.3, 0.4) is 0 Å². The highest BCUT2D eigenvalue weighted by molar-refractivity contribution is 5.97. The molecule has 2 aliphatic rings. The van der Waals surface area contributed by atoms with E-state index in [0.717, 1.165) is 57.1 Å². The Morgan fingerprint density at radius 2 is 1.58 bits per heavy atom. The molecule has 1 N–H and O–H groups in total. The molecule has 4 rings (SSSR count). The third kappa shape index (κ3) is 5.58. The van der Waals surface area contributed by atoms with E-state index in [-0.39, 0.29) is 18.0 Å². The molecule has 0 aliphatic carbocycles. The molecule has 2 aliphatic heterocycles. The minimum absolute atomic E-state index is 0.0270. The number of amides is 2. The molecule has 2 fully saturated rings. The third-order valence-electron chi connectivity index (χ3n) is 6.84. The summed E-state index contributed by atoms with van der Waals surface area (Å²) >= 11 is 0. The van der Waals surface area contributed by atoms with Crippen molar-refractivity contribution in [3.8, 4) is 0 Å². The molecule has 0 radical (unpaired) electrons. The zero-order valence-corrected chi connectivity index (χ0v) is 19.0. The number of hydrogen-bond acceptors (Lipinski definition) is 3. The zero-order valence-electron chi connectivity index (χ0n) is 19.0. The van der Waals surface area contributed by atoms with Crippen molar-refractivity contribution in [2.75, 3.05) is 26.2 Å². The number of piperidine rings is 2. The molecule has 0 spiro atoms. The normalized spacial score (nSPS) is 20.0. The van der Waals surface area contributed by atoms with Gasteiger partial charge in [0, 0.05) is 48.9 Å². The van der Waals surface area contributed by atoms with E-state index in [4.69, 9.17) is 0 Å². The Hall–Kier alpha value is -2.80. The Morgan fingerprint density at radius 3 is 2.21 bits per heavy atom. The van der Waals surface area contributed by atoms with Crippen LogP contribution in [0.1, 0.15) is 58.9 Å². The number of halogens is 2. The molecule has 0 saturated carbocycles. The average molecular weight is 456 g/mol. The van der Waals surface area contributed by atoms with E-state index in [2.05, 4.69) is 17.1 Å². The van der Waals surface area contributed by atoms with Crippen molar-refractivity contribution < 1.29 is 18.4 Å². The first-order valence-electron chi connectivity index (χ1n) is 11.8. The topological polar surface area (TPSA) is 52.7 Å². The third-order valence-corrected chi connectivity index (χ3v) is 6.84. The summed E-state index contributed by atoms with van der Waals surface area (Å²) in [6.07, 6.45) is 4.55. The van der Waals surface area contributed by atoms with E-state index in [1.54, 1.807) is 24.3 Å². The van der Waals surface area contributed by atoms with Crippen LogP contribution in [0.2, 0.25) is 0 Å². The van der Waals surface area contributed by atoms with Crippen LogP contribution >= 0.6 is 0 Å². The van der Waals surface area contributed by atoms with Gasteiger partial charge in [-0.15, -0.1) is 0 Å². The fourth-order valence-corrected chi connectivity index (χ4v) is 4.91. The van der Waals surface area contributed by atoms with Crippen molar-refractivity contribution >= 4 is 11.8 Å². The summed E-state index contributed by atoms with van der Waals surface area (Å²) in [5.74, 6) is -1.13. The summed E-state index contributed by atoms with van der Waals surface area (Å²) < 4.78 is 27.5.